The van der Waals surface area contributed by atoms with Gasteiger partial charge in [-0.15, -0.1) is 0 Å². The molecule has 5 nitrogen and oxygen atoms in total. The van der Waals surface area contributed by atoms with Crippen LogP contribution in [-0.2, 0) is 0 Å². The Morgan fingerprint density at radius 3 is 2.92 bits per heavy atom. The van der Waals surface area contributed by atoms with Crippen LogP contribution in [0.5, 0.6) is 5.95 Å². The van der Waals surface area contributed by atoms with Crippen LogP contribution in [0.4, 0.5) is 4.39 Å². The Morgan fingerprint density at radius 1 is 1.46 bits per heavy atom. The quantitative estimate of drug-likeness (QED) is 0.559. The summed E-state index contributed by atoms with van der Waals surface area (Å²) in [5, 5.41) is 13.9. The van der Waals surface area contributed by atoms with Crippen LogP contribution in [0, 0.1) is 5.82 Å². The predicted molar refractivity (Wildman–Crippen MR) is 35.2 cm³/mol. The molecule has 66 valence electrons. The van der Waals surface area contributed by atoms with Crippen molar-refractivity contribution < 1.29 is 18.7 Å². The van der Waals surface area contributed by atoms with E-state index in [4.69, 9.17) is 0 Å². The molecule has 0 spiro atoms. The van der Waals surface area contributed by atoms with Crippen LogP contribution in [0.2, 0.25) is 0 Å². The van der Waals surface area contributed by atoms with Crippen molar-refractivity contribution in [2.75, 3.05) is 0 Å². The first kappa shape index (κ1) is 7.66. The number of nitrogens with zero attached hydrogens (tertiary/aromatic N) is 3. The first-order chi connectivity index (χ1) is 6.25. The molecule has 0 fully saturated rings. The molecule has 2 rings (SSSR count). The van der Waals surface area contributed by atoms with Gasteiger partial charge in [-0.2, -0.15) is 0 Å². The van der Waals surface area contributed by atoms with Crippen LogP contribution in [0.3, 0.4) is 0 Å². The van der Waals surface area contributed by atoms with Crippen molar-refractivity contribution in [1.29, 1.82) is 0 Å². The third kappa shape index (κ3) is 1.46. The number of aromatic nitrogens is 3. The molecule has 0 bridgehead atoms. The summed E-state index contributed by atoms with van der Waals surface area (Å²) < 4.78 is 18.0. The van der Waals surface area contributed by atoms with Crippen molar-refractivity contribution in [1.82, 2.24) is 10.3 Å². The molecule has 0 radical (unpaired) electrons. The molecule has 2 aromatic rings. The van der Waals surface area contributed by atoms with Crippen LogP contribution in [-0.4, -0.2) is 10.3 Å². The van der Waals surface area contributed by atoms with Gasteiger partial charge in [-0.1, -0.05) is 0 Å². The minimum absolute atomic E-state index is 0.339. The summed E-state index contributed by atoms with van der Waals surface area (Å²) in [5.74, 6) is -1.09. The average molecular weight is 181 g/mol. The molecule has 0 aromatic carbocycles. The zero-order valence-electron chi connectivity index (χ0n) is 6.35. The van der Waals surface area contributed by atoms with Crippen LogP contribution >= 0.6 is 0 Å². The van der Waals surface area contributed by atoms with E-state index in [0.717, 1.165) is 17.1 Å². The van der Waals surface area contributed by atoms with E-state index in [1.807, 2.05) is 0 Å². The van der Waals surface area contributed by atoms with Gasteiger partial charge in [-0.3, -0.25) is 4.98 Å². The molecule has 2 aromatic heterocycles. The number of pyridine rings is 1. The lowest BCUT2D eigenvalue weighted by atomic mass is 10.4. The number of hydrogen-bond donors (Lipinski definition) is 0. The lowest BCUT2D eigenvalue weighted by molar-refractivity contribution is -0.670. The Kier molecular flexibility index (Phi) is 1.66. The summed E-state index contributed by atoms with van der Waals surface area (Å²) in [6.45, 7) is 0. The molecule has 13 heavy (non-hydrogen) atoms. The monoisotopic (exact) mass is 181 g/mol. The van der Waals surface area contributed by atoms with E-state index < -0.39 is 11.8 Å². The molecule has 0 saturated carbocycles. The normalized spacial score (nSPS) is 10.2. The molecule has 0 saturated heterocycles. The fourth-order valence-electron chi connectivity index (χ4n) is 0.879. The molecule has 6 heteroatoms. The standard InChI is InChI=1S/C7H4FN3O2/c8-5-1-6(3-9-2-5)11-4-7(12)13-10-11/h1-4H. The Balaban J connectivity index is 2.46. The van der Waals surface area contributed by atoms with Gasteiger partial charge in [-0.05, 0) is 4.68 Å². The second-order valence-electron chi connectivity index (χ2n) is 2.33. The van der Waals surface area contributed by atoms with Crippen molar-refractivity contribution in [3.05, 3.63) is 30.5 Å². The molecular formula is C7H4FN3O2. The first-order valence-corrected chi connectivity index (χ1v) is 3.42. The van der Waals surface area contributed by atoms with E-state index in [2.05, 4.69) is 14.8 Å². The van der Waals surface area contributed by atoms with Gasteiger partial charge in [0, 0.05) is 0 Å². The topological polar surface area (TPSA) is 65.9 Å². The number of halogens is 1. The molecule has 2 heterocycles. The highest BCUT2D eigenvalue weighted by Crippen LogP contribution is 2.01. The van der Waals surface area contributed by atoms with E-state index in [9.17, 15) is 9.50 Å². The maximum Gasteiger partial charge on any atom is 0.260 e. The van der Waals surface area contributed by atoms with Gasteiger partial charge in [0.25, 0.3) is 5.69 Å². The Hall–Kier alpha value is -1.98. The highest BCUT2D eigenvalue weighted by molar-refractivity contribution is 5.16. The zero-order valence-corrected chi connectivity index (χ0v) is 6.35. The average Bonchev–Trinajstić information content (AvgIpc) is 2.52. The Labute approximate surface area is 72.0 Å². The van der Waals surface area contributed by atoms with Crippen LogP contribution in [0.1, 0.15) is 0 Å². The van der Waals surface area contributed by atoms with Crippen molar-refractivity contribution in [3.63, 3.8) is 0 Å². The van der Waals surface area contributed by atoms with Crippen LogP contribution in [0.25, 0.3) is 5.69 Å². The largest absolute Gasteiger partial charge is 0.539 e. The molecule has 0 aliphatic heterocycles. The summed E-state index contributed by atoms with van der Waals surface area (Å²) in [7, 11) is 0. The second kappa shape index (κ2) is 2.81. The molecular weight excluding hydrogens is 177 g/mol. The maximum atomic E-state index is 12.6. The van der Waals surface area contributed by atoms with Gasteiger partial charge < -0.3 is 9.63 Å². The lowest BCUT2D eigenvalue weighted by Crippen LogP contribution is -2.31. The fourth-order valence-corrected chi connectivity index (χ4v) is 0.879. The smallest absolute Gasteiger partial charge is 0.260 e. The predicted octanol–water partition coefficient (Wildman–Crippen LogP) is -0.441. The third-order valence-electron chi connectivity index (χ3n) is 1.40. The number of rotatable bonds is 1. The zero-order chi connectivity index (χ0) is 9.26. The van der Waals surface area contributed by atoms with Gasteiger partial charge in [-0.25, -0.2) is 4.39 Å². The van der Waals surface area contributed by atoms with Crippen molar-refractivity contribution in [2.45, 2.75) is 0 Å². The van der Waals surface area contributed by atoms with Gasteiger partial charge in [0.2, 0.25) is 6.20 Å². The summed E-state index contributed by atoms with van der Waals surface area (Å²) in [6.07, 6.45) is 3.52. The summed E-state index contributed by atoms with van der Waals surface area (Å²) in [5.41, 5.74) is 0.339. The summed E-state index contributed by atoms with van der Waals surface area (Å²) >= 11 is 0. The fraction of sp³-hybridized carbons (Fsp3) is 0. The minimum atomic E-state index is -0.593. The maximum absolute atomic E-state index is 12.6. The van der Waals surface area contributed by atoms with Crippen molar-refractivity contribution >= 4 is 0 Å². The molecule has 0 unspecified atom stereocenters. The van der Waals surface area contributed by atoms with Gasteiger partial charge >= 0.3 is 0 Å². The van der Waals surface area contributed by atoms with E-state index in [0.29, 0.717) is 5.69 Å². The van der Waals surface area contributed by atoms with Crippen molar-refractivity contribution in [2.24, 2.45) is 0 Å². The molecule has 0 aliphatic rings. The third-order valence-corrected chi connectivity index (χ3v) is 1.40. The van der Waals surface area contributed by atoms with Gasteiger partial charge in [0.15, 0.2) is 0 Å². The molecule has 0 aliphatic carbocycles. The molecule has 0 amide bonds. The Bertz CT molecular complexity index is 429. The highest BCUT2D eigenvalue weighted by Gasteiger charge is 2.09. The SMILES string of the molecule is [O-]c1c[n+](-c2cncc(F)c2)no1. The van der Waals surface area contributed by atoms with E-state index in [1.165, 1.54) is 12.3 Å². The van der Waals surface area contributed by atoms with E-state index in [1.54, 1.807) is 0 Å². The summed E-state index contributed by atoms with van der Waals surface area (Å²) in [4.78, 5) is 3.59. The lowest BCUT2D eigenvalue weighted by Gasteiger charge is -1.87. The van der Waals surface area contributed by atoms with Gasteiger partial charge in [0.1, 0.15) is 18.0 Å². The summed E-state index contributed by atoms with van der Waals surface area (Å²) in [6, 6.07) is 1.19. The highest BCUT2D eigenvalue weighted by atomic mass is 19.1. The van der Waals surface area contributed by atoms with Crippen LogP contribution in [0.15, 0.2) is 29.2 Å². The number of hydrogen-bond acceptors (Lipinski definition) is 4. The molecule has 0 atom stereocenters. The van der Waals surface area contributed by atoms with Crippen LogP contribution < -0.4 is 9.79 Å². The van der Waals surface area contributed by atoms with Gasteiger partial charge in [0.05, 0.1) is 17.5 Å². The van der Waals surface area contributed by atoms with E-state index in [-0.39, 0.29) is 0 Å². The minimum Gasteiger partial charge on any atom is -0.539 e. The second-order valence-corrected chi connectivity index (χ2v) is 2.33. The Morgan fingerprint density at radius 2 is 2.31 bits per heavy atom. The van der Waals surface area contributed by atoms with Crippen molar-refractivity contribution in [3.8, 4) is 11.6 Å². The van der Waals surface area contributed by atoms with E-state index >= 15 is 0 Å². The molecule has 0 N–H and O–H groups in total. The first-order valence-electron chi connectivity index (χ1n) is 3.42.